The summed E-state index contributed by atoms with van der Waals surface area (Å²) in [6, 6.07) is 16.2. The van der Waals surface area contributed by atoms with Crippen LogP contribution in [0.1, 0.15) is 37.5 Å². The molecule has 2 aromatic rings. The maximum atomic E-state index is 12.7. The van der Waals surface area contributed by atoms with Gasteiger partial charge < -0.3 is 10.6 Å². The van der Waals surface area contributed by atoms with E-state index in [2.05, 4.69) is 49.6 Å². The minimum atomic E-state index is -0.182. The molecule has 1 amide bonds. The minimum absolute atomic E-state index is 0.00351. The molecule has 0 radical (unpaired) electrons. The lowest BCUT2D eigenvalue weighted by atomic mass is 9.85. The summed E-state index contributed by atoms with van der Waals surface area (Å²) in [6.07, 6.45) is 0.736. The Morgan fingerprint density at radius 3 is 2.43 bits per heavy atom. The van der Waals surface area contributed by atoms with Gasteiger partial charge in [0.05, 0.1) is 6.04 Å². The molecule has 0 saturated carbocycles. The Morgan fingerprint density at radius 2 is 1.70 bits per heavy atom. The lowest BCUT2D eigenvalue weighted by Gasteiger charge is -2.27. The molecule has 1 unspecified atom stereocenters. The summed E-state index contributed by atoms with van der Waals surface area (Å²) in [4.78, 5) is 12.7. The van der Waals surface area contributed by atoms with Crippen LogP contribution in [0.15, 0.2) is 48.5 Å². The number of fused-ring (bicyclic) bond motifs is 1. The van der Waals surface area contributed by atoms with Crippen LogP contribution in [-0.2, 0) is 23.2 Å². The van der Waals surface area contributed by atoms with E-state index in [1.165, 1.54) is 11.1 Å². The second kappa shape index (κ2) is 6.17. The van der Waals surface area contributed by atoms with E-state index in [1.54, 1.807) is 0 Å². The molecular formula is C20H24N2O. The molecule has 23 heavy (non-hydrogen) atoms. The van der Waals surface area contributed by atoms with Crippen molar-refractivity contribution in [3.05, 3.63) is 65.2 Å². The van der Waals surface area contributed by atoms with Crippen LogP contribution < -0.4 is 10.6 Å². The normalized spacial score (nSPS) is 17.4. The number of hydrogen-bond donors (Lipinski definition) is 2. The number of carbonyl (C=O) groups excluding carboxylic acids is 1. The highest BCUT2D eigenvalue weighted by molar-refractivity contribution is 5.96. The molecule has 3 rings (SSSR count). The first-order valence-electron chi connectivity index (χ1n) is 8.16. The number of para-hydroxylation sites is 1. The van der Waals surface area contributed by atoms with Crippen molar-refractivity contribution in [2.24, 2.45) is 0 Å². The van der Waals surface area contributed by atoms with E-state index in [1.807, 2.05) is 30.3 Å². The molecule has 0 aliphatic carbocycles. The maximum absolute atomic E-state index is 12.7. The largest absolute Gasteiger partial charge is 0.324 e. The number of amides is 1. The molecule has 3 heteroatoms. The zero-order valence-corrected chi connectivity index (χ0v) is 14.0. The first-order valence-corrected chi connectivity index (χ1v) is 8.16. The summed E-state index contributed by atoms with van der Waals surface area (Å²) in [7, 11) is 0. The SMILES string of the molecule is CC(C)(C)c1ccccc1NC(=O)C1Cc2ccccc2CN1. The van der Waals surface area contributed by atoms with E-state index in [4.69, 9.17) is 0 Å². The highest BCUT2D eigenvalue weighted by Gasteiger charge is 2.25. The van der Waals surface area contributed by atoms with Crippen LogP contribution in [0.25, 0.3) is 0 Å². The fraction of sp³-hybridized carbons (Fsp3) is 0.350. The van der Waals surface area contributed by atoms with E-state index in [0.717, 1.165) is 24.2 Å². The number of carbonyl (C=O) groups is 1. The molecule has 0 saturated heterocycles. The van der Waals surface area contributed by atoms with Crippen molar-refractivity contribution < 1.29 is 4.79 Å². The van der Waals surface area contributed by atoms with Crippen LogP contribution in [-0.4, -0.2) is 11.9 Å². The lowest BCUT2D eigenvalue weighted by Crippen LogP contribution is -2.44. The second-order valence-electron chi connectivity index (χ2n) is 7.19. The molecule has 1 atom stereocenters. The van der Waals surface area contributed by atoms with E-state index in [-0.39, 0.29) is 17.4 Å². The minimum Gasteiger partial charge on any atom is -0.324 e. The number of nitrogens with one attached hydrogen (secondary N) is 2. The molecule has 1 heterocycles. The van der Waals surface area contributed by atoms with Gasteiger partial charge in [0.15, 0.2) is 0 Å². The molecular weight excluding hydrogens is 284 g/mol. The molecule has 0 spiro atoms. The third-order valence-electron chi connectivity index (χ3n) is 4.39. The van der Waals surface area contributed by atoms with Gasteiger partial charge >= 0.3 is 0 Å². The molecule has 0 bridgehead atoms. The van der Waals surface area contributed by atoms with E-state index in [9.17, 15) is 4.79 Å². The van der Waals surface area contributed by atoms with Crippen LogP contribution in [0.3, 0.4) is 0 Å². The van der Waals surface area contributed by atoms with Gasteiger partial charge in [-0.3, -0.25) is 4.79 Å². The zero-order valence-electron chi connectivity index (χ0n) is 14.0. The van der Waals surface area contributed by atoms with Crippen LogP contribution in [0.2, 0.25) is 0 Å². The van der Waals surface area contributed by atoms with Gasteiger partial charge in [0.1, 0.15) is 0 Å². The van der Waals surface area contributed by atoms with Crippen molar-refractivity contribution in [1.82, 2.24) is 5.32 Å². The van der Waals surface area contributed by atoms with E-state index in [0.29, 0.717) is 0 Å². The number of rotatable bonds is 2. The predicted molar refractivity (Wildman–Crippen MR) is 94.5 cm³/mol. The van der Waals surface area contributed by atoms with Gasteiger partial charge in [-0.25, -0.2) is 0 Å². The lowest BCUT2D eigenvalue weighted by molar-refractivity contribution is -0.118. The highest BCUT2D eigenvalue weighted by atomic mass is 16.2. The van der Waals surface area contributed by atoms with Crippen LogP contribution in [0, 0.1) is 0 Å². The average Bonchev–Trinajstić information content (AvgIpc) is 2.54. The van der Waals surface area contributed by atoms with Crippen molar-refractivity contribution in [3.63, 3.8) is 0 Å². The van der Waals surface area contributed by atoms with Gasteiger partial charge in [0.2, 0.25) is 5.91 Å². The number of benzene rings is 2. The van der Waals surface area contributed by atoms with E-state index < -0.39 is 0 Å². The zero-order chi connectivity index (χ0) is 16.4. The van der Waals surface area contributed by atoms with Crippen LogP contribution in [0.4, 0.5) is 5.69 Å². The molecule has 0 fully saturated rings. The second-order valence-corrected chi connectivity index (χ2v) is 7.19. The Labute approximate surface area is 138 Å². The fourth-order valence-electron chi connectivity index (χ4n) is 3.11. The summed E-state index contributed by atoms with van der Waals surface area (Å²) in [5, 5.41) is 6.46. The van der Waals surface area contributed by atoms with Gasteiger partial charge in [0, 0.05) is 12.2 Å². The fourth-order valence-corrected chi connectivity index (χ4v) is 3.11. The summed E-state index contributed by atoms with van der Waals surface area (Å²) < 4.78 is 0. The highest BCUT2D eigenvalue weighted by Crippen LogP contribution is 2.29. The predicted octanol–water partition coefficient (Wildman–Crippen LogP) is 3.64. The van der Waals surface area contributed by atoms with Crippen molar-refractivity contribution >= 4 is 11.6 Å². The number of hydrogen-bond acceptors (Lipinski definition) is 2. The summed E-state index contributed by atoms with van der Waals surface area (Å²) in [6.45, 7) is 7.22. The maximum Gasteiger partial charge on any atom is 0.241 e. The summed E-state index contributed by atoms with van der Waals surface area (Å²) >= 11 is 0. The van der Waals surface area contributed by atoms with Gasteiger partial charge in [-0.15, -0.1) is 0 Å². The summed E-state index contributed by atoms with van der Waals surface area (Å²) in [5.41, 5.74) is 4.61. The Hall–Kier alpha value is -2.13. The molecule has 120 valence electrons. The third-order valence-corrected chi connectivity index (χ3v) is 4.39. The summed E-state index contributed by atoms with van der Waals surface area (Å²) in [5.74, 6) is 0.0382. The van der Waals surface area contributed by atoms with Crippen molar-refractivity contribution in [2.75, 3.05) is 5.32 Å². The Balaban J connectivity index is 1.76. The van der Waals surface area contributed by atoms with Crippen molar-refractivity contribution in [1.29, 1.82) is 0 Å². The molecule has 0 aromatic heterocycles. The molecule has 2 aromatic carbocycles. The quantitative estimate of drug-likeness (QED) is 0.889. The van der Waals surface area contributed by atoms with Crippen LogP contribution >= 0.6 is 0 Å². The van der Waals surface area contributed by atoms with Gasteiger partial charge in [-0.1, -0.05) is 63.2 Å². The van der Waals surface area contributed by atoms with Gasteiger partial charge in [-0.2, -0.15) is 0 Å². The standard InChI is InChI=1S/C20H24N2O/c1-20(2,3)16-10-6-7-11-17(16)22-19(23)18-12-14-8-4-5-9-15(14)13-21-18/h4-11,18,21H,12-13H2,1-3H3,(H,22,23). The monoisotopic (exact) mass is 308 g/mol. The molecule has 3 nitrogen and oxygen atoms in total. The Bertz CT molecular complexity index is 716. The van der Waals surface area contributed by atoms with Gasteiger partial charge in [-0.05, 0) is 34.6 Å². The van der Waals surface area contributed by atoms with Crippen molar-refractivity contribution in [2.45, 2.75) is 45.2 Å². The first kappa shape index (κ1) is 15.8. The third kappa shape index (κ3) is 3.45. The first-order chi connectivity index (χ1) is 10.9. The Kier molecular flexibility index (Phi) is 4.22. The molecule has 1 aliphatic heterocycles. The van der Waals surface area contributed by atoms with Crippen LogP contribution in [0.5, 0.6) is 0 Å². The Morgan fingerprint density at radius 1 is 1.04 bits per heavy atom. The number of anilines is 1. The topological polar surface area (TPSA) is 41.1 Å². The van der Waals surface area contributed by atoms with Gasteiger partial charge in [0.25, 0.3) is 0 Å². The van der Waals surface area contributed by atoms with E-state index >= 15 is 0 Å². The molecule has 1 aliphatic rings. The smallest absolute Gasteiger partial charge is 0.241 e. The molecule has 2 N–H and O–H groups in total. The van der Waals surface area contributed by atoms with Crippen molar-refractivity contribution in [3.8, 4) is 0 Å². The average molecular weight is 308 g/mol.